The molecule has 10 amide bonds. The first-order valence-electron chi connectivity index (χ1n) is 28.8. The van der Waals surface area contributed by atoms with Gasteiger partial charge < -0.3 is 83.9 Å². The number of imidazole rings is 3. The molecule has 4 aromatic heterocycles. The molecule has 0 unspecified atom stereocenters. The summed E-state index contributed by atoms with van der Waals surface area (Å²) in [5.74, 6) is -10.5. The normalized spacial score (nSPS) is 16.3. The number of nitrogens with two attached hydrogens (primary N) is 2. The molecule has 0 saturated carbocycles. The number of carboxylic acids is 1. The van der Waals surface area contributed by atoms with Gasteiger partial charge in [0.25, 0.3) is 0 Å². The Kier molecular flexibility index (Phi) is 23.8. The van der Waals surface area contributed by atoms with E-state index in [1.165, 1.54) is 49.4 Å². The summed E-state index contributed by atoms with van der Waals surface area (Å²) in [4.78, 5) is 176. The van der Waals surface area contributed by atoms with Crippen LogP contribution in [0.4, 0.5) is 0 Å². The first-order chi connectivity index (χ1) is 41.3. The molecule has 0 aliphatic carbocycles. The summed E-state index contributed by atoms with van der Waals surface area (Å²) in [7, 11) is 0. The summed E-state index contributed by atoms with van der Waals surface area (Å²) in [6.45, 7) is 11.7. The lowest BCUT2D eigenvalue weighted by Gasteiger charge is -2.31. The van der Waals surface area contributed by atoms with E-state index in [-0.39, 0.29) is 56.9 Å². The second-order valence-electron chi connectivity index (χ2n) is 22.8. The number of hydrogen-bond donors (Lipinski definition) is 15. The van der Waals surface area contributed by atoms with Gasteiger partial charge in [-0.25, -0.2) is 19.7 Å². The van der Waals surface area contributed by atoms with Crippen LogP contribution in [0.1, 0.15) is 96.8 Å². The monoisotopic (exact) mass is 1210 g/mol. The molecular weight excluding hydrogens is 1130 g/mol. The van der Waals surface area contributed by atoms with E-state index in [0.29, 0.717) is 29.1 Å². The molecule has 17 N–H and O–H groups in total. The maximum atomic E-state index is 14.6. The minimum absolute atomic E-state index is 0.0290. The van der Waals surface area contributed by atoms with Gasteiger partial charge in [-0.2, -0.15) is 0 Å². The molecule has 6 rings (SSSR count). The third-order valence-electron chi connectivity index (χ3n) is 14.8. The summed E-state index contributed by atoms with van der Waals surface area (Å²) in [5, 5.41) is 32.0. The van der Waals surface area contributed by atoms with Gasteiger partial charge in [0.1, 0.15) is 54.4 Å². The standard InChI is InChI=1S/C57H80N18O12/c1-28(2)15-38(68-51(80)40(18-34-23-61-26-65-34)70-53(82)44-13-10-14-75(44)56(85)42(20-45(58)76)72-54(83)46(59)29(3)4)50(79)69-41(19-35-24-62-27-66-35)52(81)74-47(30(5)6)55(84)71-39(17-33-22-60-25-64-33)49(78)67-31(7)48(77)73-43(57(86)87)16-32-21-63-37-12-9-8-11-36(32)37/h8-9,11-12,21-31,38-44,46-47,63H,10,13-20,59H2,1-7H3,(H2,58,76)(H,60,64)(H,61,65)(H,62,66)(H,67,78)(H,68,80)(H,69,79)(H,70,82)(H,71,84)(H,72,83)(H,73,77)(H,74,81)(H,86,87)/t31-,38-,39-,40-,41-,42-,43-,44-,46-,47-/m0/s1. The quantitative estimate of drug-likeness (QED) is 0.0225. The van der Waals surface area contributed by atoms with E-state index in [1.54, 1.807) is 53.8 Å². The number of aromatic nitrogens is 7. The number of likely N-dealkylation sites (tertiary alicyclic amines) is 1. The number of fused-ring (bicyclic) bond motifs is 1. The first kappa shape index (κ1) is 66.7. The van der Waals surface area contributed by atoms with E-state index in [4.69, 9.17) is 11.5 Å². The summed E-state index contributed by atoms with van der Waals surface area (Å²) in [5.41, 5.74) is 14.1. The highest BCUT2D eigenvalue weighted by Gasteiger charge is 2.41. The summed E-state index contributed by atoms with van der Waals surface area (Å²) in [6, 6.07) is -5.88. The van der Waals surface area contributed by atoms with Crippen LogP contribution >= 0.6 is 0 Å². The van der Waals surface area contributed by atoms with Gasteiger partial charge in [0, 0.05) is 85.0 Å². The van der Waals surface area contributed by atoms with Crippen LogP contribution in [0.2, 0.25) is 0 Å². The fraction of sp³-hybridized carbons (Fsp3) is 0.509. The Morgan fingerprint density at radius 3 is 1.62 bits per heavy atom. The molecule has 5 heterocycles. The van der Waals surface area contributed by atoms with Crippen molar-refractivity contribution in [3.8, 4) is 0 Å². The van der Waals surface area contributed by atoms with Gasteiger partial charge in [0.05, 0.1) is 31.4 Å². The largest absolute Gasteiger partial charge is 0.480 e. The van der Waals surface area contributed by atoms with Crippen LogP contribution in [-0.2, 0) is 78.4 Å². The maximum Gasteiger partial charge on any atom is 0.326 e. The van der Waals surface area contributed by atoms with Crippen molar-refractivity contribution in [1.82, 2.24) is 82.3 Å². The topological polar surface area (TPSA) is 461 Å². The number of benzene rings is 1. The number of hydrogen-bond acceptors (Lipinski definition) is 15. The van der Waals surface area contributed by atoms with Gasteiger partial charge in [0.15, 0.2) is 0 Å². The number of carbonyl (C=O) groups excluding carboxylic acids is 10. The molecule has 10 atom stereocenters. The van der Waals surface area contributed by atoms with Crippen molar-refractivity contribution >= 4 is 75.9 Å². The average molecular weight is 1210 g/mol. The average Bonchev–Trinajstić information content (AvgIpc) is 3.37. The second kappa shape index (κ2) is 31.1. The molecule has 87 heavy (non-hydrogen) atoms. The molecule has 1 aliphatic rings. The third kappa shape index (κ3) is 19.0. The Bertz CT molecular complexity index is 3180. The van der Waals surface area contributed by atoms with Crippen LogP contribution in [0.25, 0.3) is 10.9 Å². The number of primary amides is 1. The Morgan fingerprint density at radius 2 is 1.09 bits per heavy atom. The lowest BCUT2D eigenvalue weighted by Crippen LogP contribution is -2.61. The van der Waals surface area contributed by atoms with Crippen molar-refractivity contribution in [3.63, 3.8) is 0 Å². The van der Waals surface area contributed by atoms with Crippen LogP contribution in [-0.4, -0.2) is 177 Å². The van der Waals surface area contributed by atoms with Crippen molar-refractivity contribution in [2.75, 3.05) is 6.54 Å². The zero-order valence-electron chi connectivity index (χ0n) is 49.6. The second-order valence-corrected chi connectivity index (χ2v) is 22.8. The van der Waals surface area contributed by atoms with E-state index in [0.717, 1.165) is 10.9 Å². The van der Waals surface area contributed by atoms with Gasteiger partial charge in [-0.15, -0.1) is 0 Å². The van der Waals surface area contributed by atoms with E-state index < -0.39 is 138 Å². The number of amides is 10. The molecule has 30 nitrogen and oxygen atoms in total. The van der Waals surface area contributed by atoms with Gasteiger partial charge in [-0.3, -0.25) is 47.9 Å². The highest BCUT2D eigenvalue weighted by Crippen LogP contribution is 2.22. The van der Waals surface area contributed by atoms with E-state index in [2.05, 4.69) is 77.4 Å². The number of rotatable bonds is 32. The van der Waals surface area contributed by atoms with Crippen LogP contribution in [0.3, 0.4) is 0 Å². The van der Waals surface area contributed by atoms with Gasteiger partial charge >= 0.3 is 5.97 Å². The van der Waals surface area contributed by atoms with E-state index in [9.17, 15) is 57.8 Å². The van der Waals surface area contributed by atoms with E-state index in [1.807, 2.05) is 18.2 Å². The minimum atomic E-state index is -1.44. The molecule has 5 aromatic rings. The first-order valence-corrected chi connectivity index (χ1v) is 28.8. The molecule has 1 aromatic carbocycles. The van der Waals surface area contributed by atoms with Crippen LogP contribution in [0.15, 0.2) is 68.0 Å². The molecule has 1 saturated heterocycles. The lowest BCUT2D eigenvalue weighted by atomic mass is 9.99. The van der Waals surface area contributed by atoms with Crippen molar-refractivity contribution < 1.29 is 57.8 Å². The van der Waals surface area contributed by atoms with Crippen LogP contribution in [0, 0.1) is 17.8 Å². The van der Waals surface area contributed by atoms with Gasteiger partial charge in [-0.1, -0.05) is 59.7 Å². The summed E-state index contributed by atoms with van der Waals surface area (Å²) in [6.07, 6.45) is 9.42. The molecular formula is C57H80N18O12. The SMILES string of the molecule is CC(C)C[C@H](NC(=O)[C@H](Cc1cnc[nH]1)NC(=O)[C@@H]1CCCN1C(=O)[C@H](CC(N)=O)NC(=O)[C@@H](N)C(C)C)C(=O)N[C@@H](Cc1cnc[nH]1)C(=O)N[C@H](C(=O)N[C@@H](Cc1cnc[nH]1)C(=O)N[C@@H](C)C(=O)N[C@@H](Cc1c[nH]c2ccccc12)C(=O)O)C(C)C. The third-order valence-corrected chi connectivity index (χ3v) is 14.8. The van der Waals surface area contributed by atoms with Crippen molar-refractivity contribution in [2.24, 2.45) is 29.2 Å². The number of carbonyl (C=O) groups is 11. The fourth-order valence-corrected chi connectivity index (χ4v) is 9.91. The lowest BCUT2D eigenvalue weighted by molar-refractivity contribution is -0.143. The number of nitrogens with zero attached hydrogens (tertiary/aromatic N) is 4. The number of nitrogens with one attached hydrogen (secondary N) is 12. The molecule has 0 radical (unpaired) electrons. The van der Waals surface area contributed by atoms with Crippen molar-refractivity contribution in [1.29, 1.82) is 0 Å². The van der Waals surface area contributed by atoms with E-state index >= 15 is 0 Å². The maximum absolute atomic E-state index is 14.6. The number of aromatic amines is 4. The number of H-pyrrole nitrogens is 4. The molecule has 1 fully saturated rings. The Hall–Kier alpha value is -9.48. The van der Waals surface area contributed by atoms with Crippen molar-refractivity contribution in [3.05, 3.63) is 90.7 Å². The fourth-order valence-electron chi connectivity index (χ4n) is 9.91. The molecule has 470 valence electrons. The van der Waals surface area contributed by atoms with Crippen molar-refractivity contribution in [2.45, 2.75) is 160 Å². The van der Waals surface area contributed by atoms with Gasteiger partial charge in [-0.05, 0) is 55.6 Å². The Labute approximate surface area is 501 Å². The van der Waals surface area contributed by atoms with Gasteiger partial charge in [0.2, 0.25) is 59.1 Å². The van der Waals surface area contributed by atoms with Crippen LogP contribution < -0.4 is 54.0 Å². The highest BCUT2D eigenvalue weighted by atomic mass is 16.4. The zero-order chi connectivity index (χ0) is 63.6. The summed E-state index contributed by atoms with van der Waals surface area (Å²) < 4.78 is 0. The summed E-state index contributed by atoms with van der Waals surface area (Å²) >= 11 is 0. The number of para-hydroxylation sites is 1. The molecule has 1 aliphatic heterocycles. The number of aliphatic carboxylic acids is 1. The molecule has 30 heteroatoms. The zero-order valence-corrected chi connectivity index (χ0v) is 49.6. The molecule has 0 spiro atoms. The predicted molar refractivity (Wildman–Crippen MR) is 313 cm³/mol. The smallest absolute Gasteiger partial charge is 0.326 e. The van der Waals surface area contributed by atoms with Crippen LogP contribution in [0.5, 0.6) is 0 Å². The number of carboxylic acid groups (broad SMARTS) is 1. The minimum Gasteiger partial charge on any atom is -0.480 e. The predicted octanol–water partition coefficient (Wildman–Crippen LogP) is -1.86. The Balaban J connectivity index is 1.16. The Morgan fingerprint density at radius 1 is 0.586 bits per heavy atom. The molecule has 0 bridgehead atoms. The highest BCUT2D eigenvalue weighted by molar-refractivity contribution is 5.99.